The van der Waals surface area contributed by atoms with Gasteiger partial charge in [0.05, 0.1) is 29.6 Å². The van der Waals surface area contributed by atoms with Crippen LogP contribution >= 0.6 is 11.8 Å². The van der Waals surface area contributed by atoms with Crippen molar-refractivity contribution in [2.24, 2.45) is 0 Å². The van der Waals surface area contributed by atoms with E-state index in [2.05, 4.69) is 13.0 Å². The lowest BCUT2D eigenvalue weighted by Gasteiger charge is -2.33. The van der Waals surface area contributed by atoms with Crippen molar-refractivity contribution in [3.63, 3.8) is 0 Å². The van der Waals surface area contributed by atoms with Gasteiger partial charge in [0.2, 0.25) is 5.91 Å². The van der Waals surface area contributed by atoms with Gasteiger partial charge in [-0.05, 0) is 56.0 Å². The highest BCUT2D eigenvalue weighted by molar-refractivity contribution is 7.99. The SMILES string of the molecule is COc1cccc(Cc2nc3ccccc3nc2SCC(=O)N2CCCC[C@@H]2C)c1. The van der Waals surface area contributed by atoms with Gasteiger partial charge in [0.15, 0.2) is 0 Å². The highest BCUT2D eigenvalue weighted by atomic mass is 32.2. The summed E-state index contributed by atoms with van der Waals surface area (Å²) in [7, 11) is 1.67. The zero-order valence-electron chi connectivity index (χ0n) is 17.5. The zero-order chi connectivity index (χ0) is 20.9. The van der Waals surface area contributed by atoms with Crippen molar-refractivity contribution in [2.75, 3.05) is 19.4 Å². The second kappa shape index (κ2) is 9.47. The molecule has 1 saturated heterocycles. The number of benzene rings is 2. The van der Waals surface area contributed by atoms with Gasteiger partial charge in [-0.15, -0.1) is 0 Å². The molecule has 1 aliphatic rings. The Labute approximate surface area is 181 Å². The largest absolute Gasteiger partial charge is 0.497 e. The Hall–Kier alpha value is -2.60. The molecule has 1 aromatic heterocycles. The number of rotatable bonds is 6. The maximum absolute atomic E-state index is 12.8. The molecule has 6 heteroatoms. The fourth-order valence-electron chi connectivity index (χ4n) is 3.91. The zero-order valence-corrected chi connectivity index (χ0v) is 18.3. The number of piperidine rings is 1. The van der Waals surface area contributed by atoms with E-state index >= 15 is 0 Å². The van der Waals surface area contributed by atoms with Crippen molar-refractivity contribution in [1.82, 2.24) is 14.9 Å². The first kappa shape index (κ1) is 20.7. The summed E-state index contributed by atoms with van der Waals surface area (Å²) in [6.45, 7) is 3.01. The lowest BCUT2D eigenvalue weighted by Crippen LogP contribution is -2.42. The van der Waals surface area contributed by atoms with Gasteiger partial charge in [0.1, 0.15) is 10.8 Å². The van der Waals surface area contributed by atoms with E-state index in [-0.39, 0.29) is 5.91 Å². The van der Waals surface area contributed by atoms with Crippen LogP contribution < -0.4 is 4.74 Å². The van der Waals surface area contributed by atoms with Gasteiger partial charge in [-0.25, -0.2) is 9.97 Å². The lowest BCUT2D eigenvalue weighted by atomic mass is 10.0. The number of fused-ring (bicyclic) bond motifs is 1. The Morgan fingerprint density at radius 2 is 1.93 bits per heavy atom. The molecule has 0 bridgehead atoms. The van der Waals surface area contributed by atoms with E-state index in [9.17, 15) is 4.79 Å². The van der Waals surface area contributed by atoms with Gasteiger partial charge in [0.25, 0.3) is 0 Å². The number of nitrogens with zero attached hydrogens (tertiary/aromatic N) is 3. The molecule has 1 atom stereocenters. The smallest absolute Gasteiger partial charge is 0.233 e. The minimum atomic E-state index is 0.189. The summed E-state index contributed by atoms with van der Waals surface area (Å²) in [5, 5.41) is 0.828. The average molecular weight is 422 g/mol. The van der Waals surface area contributed by atoms with E-state index in [0.29, 0.717) is 18.2 Å². The van der Waals surface area contributed by atoms with E-state index in [1.807, 2.05) is 47.4 Å². The summed E-state index contributed by atoms with van der Waals surface area (Å²) in [4.78, 5) is 24.6. The van der Waals surface area contributed by atoms with E-state index in [0.717, 1.165) is 52.5 Å². The van der Waals surface area contributed by atoms with Crippen LogP contribution in [0.1, 0.15) is 37.4 Å². The van der Waals surface area contributed by atoms with Crippen molar-refractivity contribution < 1.29 is 9.53 Å². The molecular formula is C24H27N3O2S. The maximum atomic E-state index is 12.8. The predicted molar refractivity (Wildman–Crippen MR) is 121 cm³/mol. The number of thioether (sulfide) groups is 1. The predicted octanol–water partition coefficient (Wildman–Crippen LogP) is 4.72. The summed E-state index contributed by atoms with van der Waals surface area (Å²) >= 11 is 1.50. The summed E-state index contributed by atoms with van der Waals surface area (Å²) in [5.74, 6) is 1.40. The van der Waals surface area contributed by atoms with Crippen LogP contribution in [0.15, 0.2) is 53.6 Å². The van der Waals surface area contributed by atoms with Gasteiger partial charge in [-0.3, -0.25) is 4.79 Å². The van der Waals surface area contributed by atoms with Gasteiger partial charge in [-0.1, -0.05) is 36.0 Å². The van der Waals surface area contributed by atoms with Crippen LogP contribution in [0, 0.1) is 0 Å². The molecule has 3 aromatic rings. The number of hydrogen-bond acceptors (Lipinski definition) is 5. The Morgan fingerprint density at radius 1 is 1.13 bits per heavy atom. The number of carbonyl (C=O) groups excluding carboxylic acids is 1. The van der Waals surface area contributed by atoms with Crippen LogP contribution in [0.3, 0.4) is 0 Å². The minimum Gasteiger partial charge on any atom is -0.497 e. The third kappa shape index (κ3) is 4.75. The van der Waals surface area contributed by atoms with Crippen LogP contribution in [-0.4, -0.2) is 46.2 Å². The summed E-state index contributed by atoms with van der Waals surface area (Å²) in [5.41, 5.74) is 3.73. The number of carbonyl (C=O) groups is 1. The number of aromatic nitrogens is 2. The number of para-hydroxylation sites is 2. The molecule has 2 aromatic carbocycles. The highest BCUT2D eigenvalue weighted by Gasteiger charge is 2.23. The Balaban J connectivity index is 1.58. The van der Waals surface area contributed by atoms with Crippen molar-refractivity contribution in [3.8, 4) is 5.75 Å². The number of hydrogen-bond donors (Lipinski definition) is 0. The fraction of sp³-hybridized carbons (Fsp3) is 0.375. The molecule has 30 heavy (non-hydrogen) atoms. The van der Waals surface area contributed by atoms with Gasteiger partial charge in [-0.2, -0.15) is 0 Å². The minimum absolute atomic E-state index is 0.189. The fourth-order valence-corrected chi connectivity index (χ4v) is 4.78. The molecule has 4 rings (SSSR count). The van der Waals surface area contributed by atoms with E-state index in [1.165, 1.54) is 18.2 Å². The lowest BCUT2D eigenvalue weighted by molar-refractivity contribution is -0.131. The first-order valence-electron chi connectivity index (χ1n) is 10.4. The summed E-state index contributed by atoms with van der Waals surface area (Å²) in [6, 6.07) is 16.2. The molecule has 0 saturated carbocycles. The van der Waals surface area contributed by atoms with E-state index < -0.39 is 0 Å². The molecule has 0 spiro atoms. The molecule has 0 N–H and O–H groups in total. The quantitative estimate of drug-likeness (QED) is 0.539. The average Bonchev–Trinajstić information content (AvgIpc) is 2.78. The van der Waals surface area contributed by atoms with E-state index in [4.69, 9.17) is 14.7 Å². The van der Waals surface area contributed by atoms with Gasteiger partial charge in [0, 0.05) is 19.0 Å². The van der Waals surface area contributed by atoms with Crippen LogP contribution in [0.4, 0.5) is 0 Å². The van der Waals surface area contributed by atoms with Crippen molar-refractivity contribution in [1.29, 1.82) is 0 Å². The van der Waals surface area contributed by atoms with Crippen LogP contribution in [-0.2, 0) is 11.2 Å². The third-order valence-electron chi connectivity index (χ3n) is 5.57. The Kier molecular flexibility index (Phi) is 6.53. The summed E-state index contributed by atoms with van der Waals surface area (Å²) in [6.07, 6.45) is 4.04. The molecule has 0 radical (unpaired) electrons. The summed E-state index contributed by atoms with van der Waals surface area (Å²) < 4.78 is 5.36. The number of likely N-dealkylation sites (tertiary alicyclic amines) is 1. The molecule has 0 unspecified atom stereocenters. The van der Waals surface area contributed by atoms with Crippen molar-refractivity contribution >= 4 is 28.7 Å². The number of ether oxygens (including phenoxy) is 1. The highest BCUT2D eigenvalue weighted by Crippen LogP contribution is 2.27. The normalized spacial score (nSPS) is 16.6. The molecule has 156 valence electrons. The monoisotopic (exact) mass is 421 g/mol. The molecule has 1 aliphatic heterocycles. The molecule has 2 heterocycles. The van der Waals surface area contributed by atoms with Gasteiger partial charge >= 0.3 is 0 Å². The molecule has 1 amide bonds. The Morgan fingerprint density at radius 3 is 2.70 bits per heavy atom. The topological polar surface area (TPSA) is 55.3 Å². The number of methoxy groups -OCH3 is 1. The van der Waals surface area contributed by atoms with Gasteiger partial charge < -0.3 is 9.64 Å². The van der Waals surface area contributed by atoms with E-state index in [1.54, 1.807) is 7.11 Å². The molecule has 5 nitrogen and oxygen atoms in total. The van der Waals surface area contributed by atoms with Crippen molar-refractivity contribution in [3.05, 3.63) is 59.8 Å². The first-order valence-corrected chi connectivity index (χ1v) is 11.4. The molecule has 0 aliphatic carbocycles. The van der Waals surface area contributed by atoms with Crippen LogP contribution in [0.25, 0.3) is 11.0 Å². The molecule has 1 fully saturated rings. The molecular weight excluding hydrogens is 394 g/mol. The third-order valence-corrected chi connectivity index (χ3v) is 6.56. The Bertz CT molecular complexity index is 1040. The second-order valence-electron chi connectivity index (χ2n) is 7.71. The van der Waals surface area contributed by atoms with Crippen LogP contribution in [0.5, 0.6) is 5.75 Å². The second-order valence-corrected chi connectivity index (χ2v) is 8.68. The standard InChI is InChI=1S/C24H27N3O2S/c1-17-8-5-6-13-27(17)23(28)16-30-24-22(15-18-9-7-10-19(14-18)29-2)25-20-11-3-4-12-21(20)26-24/h3-4,7,9-12,14,17H,5-6,8,13,15-16H2,1-2H3/t17-/m0/s1. The van der Waals surface area contributed by atoms with Crippen molar-refractivity contribution in [2.45, 2.75) is 43.7 Å². The van der Waals surface area contributed by atoms with Crippen LogP contribution in [0.2, 0.25) is 0 Å². The first-order chi connectivity index (χ1) is 14.6. The number of amides is 1. The maximum Gasteiger partial charge on any atom is 0.233 e.